The minimum atomic E-state index is -0.922. The molecule has 0 spiro atoms. The van der Waals surface area contributed by atoms with Gasteiger partial charge in [0.25, 0.3) is 0 Å². The van der Waals surface area contributed by atoms with Gasteiger partial charge >= 0.3 is 5.69 Å². The number of nitrogens with two attached hydrogens (primary N) is 1. The average Bonchev–Trinajstić information content (AvgIpc) is 2.18. The Kier molecular flexibility index (Phi) is 3.87. The molecule has 0 unspecified atom stereocenters. The van der Waals surface area contributed by atoms with Crippen molar-refractivity contribution in [3.05, 3.63) is 28.1 Å². The summed E-state index contributed by atoms with van der Waals surface area (Å²) in [4.78, 5) is 9.93. The number of hydrogen-bond donors (Lipinski definition) is 2. The Bertz CT molecular complexity index is 386. The van der Waals surface area contributed by atoms with E-state index in [4.69, 9.17) is 10.8 Å². The Morgan fingerprint density at radius 3 is 2.80 bits per heavy atom. The maximum atomic E-state index is 13.1. The van der Waals surface area contributed by atoms with E-state index in [-0.39, 0.29) is 12.3 Å². The molecule has 0 aromatic heterocycles. The highest BCUT2D eigenvalue weighted by Gasteiger charge is 2.16. The highest BCUT2D eigenvalue weighted by Crippen LogP contribution is 2.30. The van der Waals surface area contributed by atoms with Gasteiger partial charge < -0.3 is 10.8 Å². The van der Waals surface area contributed by atoms with Crippen LogP contribution in [0.25, 0.3) is 0 Å². The molecule has 5 nitrogen and oxygen atoms in total. The average molecular weight is 232 g/mol. The van der Waals surface area contributed by atoms with Crippen LogP contribution < -0.4 is 5.73 Å². The van der Waals surface area contributed by atoms with E-state index in [1.165, 1.54) is 0 Å². The number of nitrogens with zero attached hydrogens (tertiary/aromatic N) is 1. The van der Waals surface area contributed by atoms with E-state index >= 15 is 0 Å². The van der Waals surface area contributed by atoms with Gasteiger partial charge in [0.2, 0.25) is 5.82 Å². The second-order valence-corrected chi connectivity index (χ2v) is 3.81. The van der Waals surface area contributed by atoms with E-state index in [1.54, 1.807) is 0 Å². The molecule has 7 heteroatoms. The Morgan fingerprint density at radius 2 is 2.27 bits per heavy atom. The van der Waals surface area contributed by atoms with E-state index in [0.717, 1.165) is 23.9 Å². The summed E-state index contributed by atoms with van der Waals surface area (Å²) in [7, 11) is 0. The molecule has 0 bridgehead atoms. The van der Waals surface area contributed by atoms with Crippen molar-refractivity contribution in [3.8, 4) is 0 Å². The number of benzene rings is 1. The number of aliphatic hydroxyl groups excluding tert-OH is 1. The normalized spacial score (nSPS) is 10.3. The molecule has 0 heterocycles. The summed E-state index contributed by atoms with van der Waals surface area (Å²) in [5, 5.41) is 18.9. The highest BCUT2D eigenvalue weighted by molar-refractivity contribution is 7.99. The first kappa shape index (κ1) is 11.7. The van der Waals surface area contributed by atoms with Crippen LogP contribution >= 0.6 is 11.8 Å². The van der Waals surface area contributed by atoms with Crippen molar-refractivity contribution in [2.24, 2.45) is 0 Å². The van der Waals surface area contributed by atoms with E-state index in [9.17, 15) is 14.5 Å². The van der Waals surface area contributed by atoms with Gasteiger partial charge in [0, 0.05) is 16.7 Å². The summed E-state index contributed by atoms with van der Waals surface area (Å²) < 4.78 is 13.1. The van der Waals surface area contributed by atoms with E-state index in [0.29, 0.717) is 10.6 Å². The molecule has 0 amide bonds. The topological polar surface area (TPSA) is 89.4 Å². The lowest BCUT2D eigenvalue weighted by atomic mass is 10.3. The third-order valence-corrected chi connectivity index (χ3v) is 2.68. The largest absolute Gasteiger partial charge is 0.398 e. The van der Waals surface area contributed by atoms with Crippen LogP contribution in [0, 0.1) is 15.9 Å². The van der Waals surface area contributed by atoms with E-state index < -0.39 is 16.4 Å². The van der Waals surface area contributed by atoms with Gasteiger partial charge in [-0.05, 0) is 6.07 Å². The first-order chi connectivity index (χ1) is 7.06. The lowest BCUT2D eigenvalue weighted by molar-refractivity contribution is -0.387. The summed E-state index contributed by atoms with van der Waals surface area (Å²) >= 11 is 1.14. The van der Waals surface area contributed by atoms with Crippen molar-refractivity contribution in [2.45, 2.75) is 4.90 Å². The third-order valence-electron chi connectivity index (χ3n) is 1.62. The van der Waals surface area contributed by atoms with Gasteiger partial charge in [-0.1, -0.05) is 0 Å². The lowest BCUT2D eigenvalue weighted by Crippen LogP contribution is -1.98. The zero-order valence-corrected chi connectivity index (χ0v) is 8.46. The van der Waals surface area contributed by atoms with Crippen molar-refractivity contribution in [1.82, 2.24) is 0 Å². The molecule has 82 valence electrons. The van der Waals surface area contributed by atoms with Crippen molar-refractivity contribution < 1.29 is 14.4 Å². The van der Waals surface area contributed by atoms with Crippen molar-refractivity contribution in [1.29, 1.82) is 0 Å². The zero-order chi connectivity index (χ0) is 11.4. The fourth-order valence-electron chi connectivity index (χ4n) is 0.980. The summed E-state index contributed by atoms with van der Waals surface area (Å²) in [5.41, 5.74) is 5.00. The lowest BCUT2D eigenvalue weighted by Gasteiger charge is -2.04. The number of thioether (sulfide) groups is 1. The molecule has 1 rings (SSSR count). The predicted molar refractivity (Wildman–Crippen MR) is 55.3 cm³/mol. The number of halogens is 1. The zero-order valence-electron chi connectivity index (χ0n) is 7.64. The van der Waals surface area contributed by atoms with Crippen LogP contribution in [0.1, 0.15) is 0 Å². The van der Waals surface area contributed by atoms with Gasteiger partial charge in [0.15, 0.2) is 0 Å². The fourth-order valence-corrected chi connectivity index (χ4v) is 1.70. The maximum absolute atomic E-state index is 13.1. The number of nitro benzene ring substituents is 1. The highest BCUT2D eigenvalue weighted by atomic mass is 32.2. The number of nitrogen functional groups attached to an aromatic ring is 1. The van der Waals surface area contributed by atoms with E-state index in [2.05, 4.69) is 0 Å². The van der Waals surface area contributed by atoms with Crippen LogP contribution in [-0.2, 0) is 0 Å². The van der Waals surface area contributed by atoms with Gasteiger partial charge in [0.1, 0.15) is 0 Å². The second kappa shape index (κ2) is 4.94. The first-order valence-corrected chi connectivity index (χ1v) is 5.02. The fraction of sp³-hybridized carbons (Fsp3) is 0.250. The van der Waals surface area contributed by atoms with Gasteiger partial charge in [-0.3, -0.25) is 10.1 Å². The van der Waals surface area contributed by atoms with Gasteiger partial charge in [-0.25, -0.2) is 0 Å². The molecular weight excluding hydrogens is 223 g/mol. The number of nitro groups is 1. The van der Waals surface area contributed by atoms with Gasteiger partial charge in [0.05, 0.1) is 17.2 Å². The molecule has 0 aliphatic carbocycles. The molecule has 0 radical (unpaired) electrons. The number of rotatable bonds is 4. The van der Waals surface area contributed by atoms with Crippen molar-refractivity contribution in [3.63, 3.8) is 0 Å². The van der Waals surface area contributed by atoms with E-state index in [1.807, 2.05) is 0 Å². The standard InChI is InChI=1S/C8H9FN2O3S/c9-5-3-8(15-2-1-12)6(10)4-7(5)11(13)14/h3-4,12H,1-2,10H2. The third kappa shape index (κ3) is 2.80. The summed E-state index contributed by atoms with van der Waals surface area (Å²) in [6.07, 6.45) is 0. The Hall–Kier alpha value is -1.34. The smallest absolute Gasteiger partial charge is 0.306 e. The predicted octanol–water partition coefficient (Wildman–Crippen LogP) is 1.40. The number of anilines is 1. The summed E-state index contributed by atoms with van der Waals surface area (Å²) in [5.74, 6) is -0.559. The number of hydrogen-bond acceptors (Lipinski definition) is 5. The summed E-state index contributed by atoms with van der Waals surface area (Å²) in [6.45, 7) is -0.0668. The van der Waals surface area contributed by atoms with Crippen LogP contribution in [0.5, 0.6) is 0 Å². The Morgan fingerprint density at radius 1 is 1.60 bits per heavy atom. The quantitative estimate of drug-likeness (QED) is 0.354. The van der Waals surface area contributed by atoms with Crippen molar-refractivity contribution in [2.75, 3.05) is 18.1 Å². The van der Waals surface area contributed by atoms with Gasteiger partial charge in [-0.15, -0.1) is 11.8 Å². The van der Waals surface area contributed by atoms with Crippen LogP contribution in [0.3, 0.4) is 0 Å². The SMILES string of the molecule is Nc1cc([N+](=O)[O-])c(F)cc1SCCO. The van der Waals surface area contributed by atoms with Gasteiger partial charge in [-0.2, -0.15) is 4.39 Å². The van der Waals surface area contributed by atoms with Crippen LogP contribution in [0.4, 0.5) is 15.8 Å². The Balaban J connectivity index is 3.02. The van der Waals surface area contributed by atoms with Crippen LogP contribution in [0.2, 0.25) is 0 Å². The molecule has 0 atom stereocenters. The maximum Gasteiger partial charge on any atom is 0.306 e. The molecule has 0 aliphatic rings. The molecule has 0 aliphatic heterocycles. The first-order valence-electron chi connectivity index (χ1n) is 4.03. The molecule has 15 heavy (non-hydrogen) atoms. The molecular formula is C8H9FN2O3S. The molecule has 1 aromatic carbocycles. The molecule has 0 saturated heterocycles. The number of aliphatic hydroxyl groups is 1. The van der Waals surface area contributed by atoms with Crippen molar-refractivity contribution >= 4 is 23.1 Å². The molecule has 0 fully saturated rings. The Labute approximate surface area is 89.2 Å². The van der Waals surface area contributed by atoms with Crippen LogP contribution in [0.15, 0.2) is 17.0 Å². The molecule has 0 saturated carbocycles. The minimum Gasteiger partial charge on any atom is -0.398 e. The monoisotopic (exact) mass is 232 g/mol. The minimum absolute atomic E-state index is 0.0668. The summed E-state index contributed by atoms with van der Waals surface area (Å²) in [6, 6.07) is 1.99. The molecule has 1 aromatic rings. The van der Waals surface area contributed by atoms with Crippen LogP contribution in [-0.4, -0.2) is 22.4 Å². The molecule has 3 N–H and O–H groups in total. The second-order valence-electron chi connectivity index (χ2n) is 2.67.